The van der Waals surface area contributed by atoms with Gasteiger partial charge in [0.1, 0.15) is 21.7 Å². The van der Waals surface area contributed by atoms with E-state index in [2.05, 4.69) is 24.1 Å². The van der Waals surface area contributed by atoms with E-state index >= 15 is 0 Å². The lowest BCUT2D eigenvalue weighted by molar-refractivity contribution is 0.0478. The molecule has 0 aliphatic carbocycles. The number of aryl methyl sites for hydroxylation is 1. The second kappa shape index (κ2) is 16.0. The van der Waals surface area contributed by atoms with E-state index in [0.29, 0.717) is 28.4 Å². The van der Waals surface area contributed by atoms with Gasteiger partial charge in [0.05, 0.1) is 0 Å². The number of carbonyl (C=O) groups is 2. The van der Waals surface area contributed by atoms with Gasteiger partial charge >= 0.3 is 23.6 Å². The highest BCUT2D eigenvalue weighted by molar-refractivity contribution is 7.20. The first-order valence-electron chi connectivity index (χ1n) is 14.2. The Morgan fingerprint density at radius 2 is 1.64 bits per heavy atom. The van der Waals surface area contributed by atoms with E-state index in [9.17, 15) is 14.4 Å². The third-order valence-electron chi connectivity index (χ3n) is 6.63. The molecule has 3 rings (SSSR count). The molecular formula is C30H41N3O5S. The van der Waals surface area contributed by atoms with Crippen LogP contribution in [-0.4, -0.2) is 30.1 Å². The number of rotatable bonds is 16. The van der Waals surface area contributed by atoms with Crippen LogP contribution < -0.4 is 15.8 Å². The largest absolute Gasteiger partial charge is 0.457 e. The number of nitrogens with zero attached hydrogens (tertiary/aromatic N) is 2. The summed E-state index contributed by atoms with van der Waals surface area (Å²) in [7, 11) is 0. The van der Waals surface area contributed by atoms with Gasteiger partial charge in [-0.3, -0.25) is 0 Å². The lowest BCUT2D eigenvalue weighted by atomic mass is 10.1. The van der Waals surface area contributed by atoms with Gasteiger partial charge in [-0.15, -0.1) is 11.3 Å². The third kappa shape index (κ3) is 8.92. The van der Waals surface area contributed by atoms with Crippen molar-refractivity contribution in [1.82, 2.24) is 10.3 Å². The smallest absolute Gasteiger partial charge is 0.349 e. The average Bonchev–Trinajstić information content (AvgIpc) is 3.28. The molecule has 3 aromatic rings. The van der Waals surface area contributed by atoms with Crippen LogP contribution in [-0.2, 0) is 11.3 Å². The fourth-order valence-electron chi connectivity index (χ4n) is 4.34. The van der Waals surface area contributed by atoms with Crippen molar-refractivity contribution >= 4 is 39.6 Å². The molecule has 2 amide bonds. The number of urea groups is 1. The van der Waals surface area contributed by atoms with Crippen LogP contribution in [0.1, 0.15) is 98.9 Å². The van der Waals surface area contributed by atoms with Crippen LogP contribution in [0.15, 0.2) is 39.5 Å². The molecule has 0 unspecified atom stereocenters. The van der Waals surface area contributed by atoms with E-state index in [1.807, 2.05) is 30.3 Å². The maximum Gasteiger partial charge on any atom is 0.349 e. The number of thiophene rings is 1. The summed E-state index contributed by atoms with van der Waals surface area (Å²) in [6.07, 6.45) is 10.5. The maximum absolute atomic E-state index is 13.1. The number of benzene rings is 1. The highest BCUT2D eigenvalue weighted by Gasteiger charge is 2.25. The minimum atomic E-state index is -0.616. The number of unbranched alkanes of at least 4 members (excludes halogenated alkanes) is 8. The van der Waals surface area contributed by atoms with Crippen LogP contribution in [0.2, 0.25) is 0 Å². The third-order valence-corrected chi connectivity index (χ3v) is 7.80. The molecule has 0 atom stereocenters. The monoisotopic (exact) mass is 555 g/mol. The van der Waals surface area contributed by atoms with Crippen molar-refractivity contribution in [3.8, 4) is 0 Å². The summed E-state index contributed by atoms with van der Waals surface area (Å²) >= 11 is 1.08. The number of aromatic nitrogens is 1. The first-order valence-corrected chi connectivity index (χ1v) is 15.0. The molecule has 1 aromatic carbocycles. The molecule has 2 heterocycles. The molecule has 0 fully saturated rings. The van der Waals surface area contributed by atoms with Gasteiger partial charge in [0.15, 0.2) is 0 Å². The minimum absolute atomic E-state index is 0.0445. The number of carbonyl (C=O) groups excluding carboxylic acids is 2. The lowest BCUT2D eigenvalue weighted by Gasteiger charge is -2.20. The molecule has 0 bridgehead atoms. The Labute approximate surface area is 234 Å². The lowest BCUT2D eigenvalue weighted by Crippen LogP contribution is -2.42. The predicted octanol–water partition coefficient (Wildman–Crippen LogP) is 7.37. The van der Waals surface area contributed by atoms with E-state index in [1.165, 1.54) is 17.7 Å². The second-order valence-corrected chi connectivity index (χ2v) is 10.8. The zero-order valence-electron chi connectivity index (χ0n) is 23.4. The highest BCUT2D eigenvalue weighted by Crippen LogP contribution is 2.30. The number of esters is 1. The zero-order chi connectivity index (χ0) is 28.0. The molecule has 0 saturated carbocycles. The van der Waals surface area contributed by atoms with Crippen LogP contribution >= 0.6 is 11.3 Å². The van der Waals surface area contributed by atoms with Crippen molar-refractivity contribution in [3.05, 3.63) is 56.8 Å². The van der Waals surface area contributed by atoms with E-state index in [4.69, 9.17) is 9.15 Å². The van der Waals surface area contributed by atoms with Gasteiger partial charge in [-0.2, -0.15) is 4.98 Å². The van der Waals surface area contributed by atoms with Gasteiger partial charge in [-0.05, 0) is 30.9 Å². The van der Waals surface area contributed by atoms with E-state index in [0.717, 1.165) is 68.3 Å². The molecule has 212 valence electrons. The van der Waals surface area contributed by atoms with E-state index in [-0.39, 0.29) is 24.0 Å². The Kier molecular flexibility index (Phi) is 12.5. The summed E-state index contributed by atoms with van der Waals surface area (Å²) in [5, 5.41) is 3.20. The number of ether oxygens (including phenoxy) is 1. The van der Waals surface area contributed by atoms with Crippen molar-refractivity contribution < 1.29 is 18.7 Å². The summed E-state index contributed by atoms with van der Waals surface area (Å²) in [5.41, 5.74) is 0.730. The molecule has 1 N–H and O–H groups in total. The van der Waals surface area contributed by atoms with Gasteiger partial charge in [0, 0.05) is 13.1 Å². The standard InChI is InChI=1S/C30H41N3O5S/c1-4-6-8-10-15-19-31-29(36)33(20-16-11-9-7-5-2)30-32-26-24(27(34)38-30)22(3)25(39-26)28(35)37-21-23-17-13-12-14-18-23/h12-14,17-18H,4-11,15-16,19-21H2,1-3H3,(H,31,36). The van der Waals surface area contributed by atoms with Crippen molar-refractivity contribution in [2.45, 2.75) is 91.6 Å². The summed E-state index contributed by atoms with van der Waals surface area (Å²) in [6.45, 7) is 7.09. The Bertz CT molecular complexity index is 1250. The zero-order valence-corrected chi connectivity index (χ0v) is 24.2. The summed E-state index contributed by atoms with van der Waals surface area (Å²) < 4.78 is 11.0. The number of amides is 2. The van der Waals surface area contributed by atoms with Crippen molar-refractivity contribution in [1.29, 1.82) is 0 Å². The number of anilines is 1. The Morgan fingerprint density at radius 3 is 2.33 bits per heavy atom. The fraction of sp³-hybridized carbons (Fsp3) is 0.533. The van der Waals surface area contributed by atoms with Gasteiger partial charge < -0.3 is 14.5 Å². The van der Waals surface area contributed by atoms with Crippen molar-refractivity contribution in [2.24, 2.45) is 0 Å². The molecule has 0 spiro atoms. The molecule has 0 radical (unpaired) electrons. The molecular weight excluding hydrogens is 514 g/mol. The van der Waals surface area contributed by atoms with Gasteiger partial charge in [0.25, 0.3) is 0 Å². The summed E-state index contributed by atoms with van der Waals surface area (Å²) in [6, 6.07) is 9.03. The first-order chi connectivity index (χ1) is 19.0. The van der Waals surface area contributed by atoms with Crippen LogP contribution in [0.5, 0.6) is 0 Å². The fourth-order valence-corrected chi connectivity index (χ4v) is 5.39. The number of hydrogen-bond acceptors (Lipinski definition) is 7. The van der Waals surface area contributed by atoms with Gasteiger partial charge in [0.2, 0.25) is 0 Å². The first kappa shape index (κ1) is 30.3. The maximum atomic E-state index is 13.1. The molecule has 8 nitrogen and oxygen atoms in total. The Hall–Kier alpha value is -3.20. The minimum Gasteiger partial charge on any atom is -0.457 e. The summed E-state index contributed by atoms with van der Waals surface area (Å²) in [4.78, 5) is 45.6. The Balaban J connectivity index is 1.77. The summed E-state index contributed by atoms with van der Waals surface area (Å²) in [5.74, 6) is -0.520. The number of nitrogens with one attached hydrogen (secondary N) is 1. The molecule has 39 heavy (non-hydrogen) atoms. The molecule has 0 aliphatic heterocycles. The molecule has 2 aromatic heterocycles. The SMILES string of the molecule is CCCCCCCNC(=O)N(CCCCCCC)c1nc2sc(C(=O)OCc3ccccc3)c(C)c2c(=O)o1. The number of fused-ring (bicyclic) bond motifs is 1. The normalized spacial score (nSPS) is 11.1. The van der Waals surface area contributed by atoms with E-state index < -0.39 is 11.6 Å². The van der Waals surface area contributed by atoms with Crippen molar-refractivity contribution in [3.63, 3.8) is 0 Å². The number of hydrogen-bond donors (Lipinski definition) is 1. The van der Waals surface area contributed by atoms with Gasteiger partial charge in [-0.25, -0.2) is 19.3 Å². The van der Waals surface area contributed by atoms with E-state index in [1.54, 1.807) is 6.92 Å². The van der Waals surface area contributed by atoms with Crippen LogP contribution in [0.25, 0.3) is 10.2 Å². The van der Waals surface area contributed by atoms with Gasteiger partial charge in [-0.1, -0.05) is 95.5 Å². The Morgan fingerprint density at radius 1 is 0.974 bits per heavy atom. The van der Waals surface area contributed by atoms with Crippen LogP contribution in [0.4, 0.5) is 10.8 Å². The van der Waals surface area contributed by atoms with Crippen LogP contribution in [0.3, 0.4) is 0 Å². The topological polar surface area (TPSA) is 102 Å². The molecule has 9 heteroatoms. The molecule has 0 aliphatic rings. The average molecular weight is 556 g/mol. The molecule has 0 saturated heterocycles. The van der Waals surface area contributed by atoms with Crippen molar-refractivity contribution in [2.75, 3.05) is 18.0 Å². The quantitative estimate of drug-likeness (QED) is 0.146. The van der Waals surface area contributed by atoms with Crippen LogP contribution in [0, 0.1) is 6.92 Å². The predicted molar refractivity (Wildman–Crippen MR) is 157 cm³/mol. The second-order valence-electron chi connectivity index (χ2n) is 9.79. The highest BCUT2D eigenvalue weighted by atomic mass is 32.1.